The smallest absolute Gasteiger partial charge is 0.120 e. The maximum atomic E-state index is 5.99. The number of halogens is 1. The van der Waals surface area contributed by atoms with E-state index in [1.54, 1.807) is 11.3 Å². The molecule has 0 saturated carbocycles. The van der Waals surface area contributed by atoms with Crippen LogP contribution in [0.3, 0.4) is 0 Å². The maximum Gasteiger partial charge on any atom is 0.120 e. The summed E-state index contributed by atoms with van der Waals surface area (Å²) in [5.74, 6) is 0.875. The molecule has 118 valence electrons. The minimum atomic E-state index is 0.520. The van der Waals surface area contributed by atoms with Crippen LogP contribution in [0.2, 0.25) is 5.02 Å². The Morgan fingerprint density at radius 1 is 0.913 bits per heavy atom. The highest BCUT2D eigenvalue weighted by molar-refractivity contribution is 7.09. The first kappa shape index (κ1) is 16.1. The lowest BCUT2D eigenvalue weighted by molar-refractivity contribution is 0.306. The van der Waals surface area contributed by atoms with Crippen LogP contribution in [0.1, 0.15) is 16.0 Å². The van der Waals surface area contributed by atoms with E-state index in [1.807, 2.05) is 36.4 Å². The molecule has 1 heterocycles. The topological polar surface area (TPSA) is 21.3 Å². The molecule has 0 bridgehead atoms. The van der Waals surface area contributed by atoms with Gasteiger partial charge in [-0.3, -0.25) is 0 Å². The third-order valence-electron chi connectivity index (χ3n) is 3.40. The zero-order valence-electron chi connectivity index (χ0n) is 12.7. The van der Waals surface area contributed by atoms with Gasteiger partial charge in [-0.1, -0.05) is 41.9 Å². The van der Waals surface area contributed by atoms with Gasteiger partial charge in [-0.2, -0.15) is 0 Å². The quantitative estimate of drug-likeness (QED) is 0.631. The average Bonchev–Trinajstić information content (AvgIpc) is 3.07. The van der Waals surface area contributed by atoms with Crippen molar-refractivity contribution in [3.63, 3.8) is 0 Å². The van der Waals surface area contributed by atoms with Gasteiger partial charge < -0.3 is 10.1 Å². The van der Waals surface area contributed by atoms with E-state index in [0.29, 0.717) is 6.61 Å². The molecule has 4 heteroatoms. The van der Waals surface area contributed by atoms with Crippen molar-refractivity contribution in [2.24, 2.45) is 0 Å². The van der Waals surface area contributed by atoms with Crippen molar-refractivity contribution in [3.05, 3.63) is 87.1 Å². The molecule has 3 rings (SSSR count). The Morgan fingerprint density at radius 3 is 2.61 bits per heavy atom. The zero-order valence-corrected chi connectivity index (χ0v) is 14.2. The Kier molecular flexibility index (Phi) is 5.70. The van der Waals surface area contributed by atoms with Crippen LogP contribution in [0.4, 0.5) is 0 Å². The van der Waals surface area contributed by atoms with Gasteiger partial charge in [-0.05, 0) is 46.8 Å². The van der Waals surface area contributed by atoms with Crippen molar-refractivity contribution in [3.8, 4) is 5.75 Å². The summed E-state index contributed by atoms with van der Waals surface area (Å²) in [6, 6.07) is 20.1. The number of rotatable bonds is 7. The van der Waals surface area contributed by atoms with E-state index in [2.05, 4.69) is 35.0 Å². The fraction of sp³-hybridized carbons (Fsp3) is 0.158. The minimum Gasteiger partial charge on any atom is -0.489 e. The highest BCUT2D eigenvalue weighted by atomic mass is 35.5. The molecule has 0 aliphatic carbocycles. The van der Waals surface area contributed by atoms with Gasteiger partial charge >= 0.3 is 0 Å². The van der Waals surface area contributed by atoms with Crippen LogP contribution < -0.4 is 10.1 Å². The van der Waals surface area contributed by atoms with Gasteiger partial charge in [0.2, 0.25) is 0 Å². The van der Waals surface area contributed by atoms with Crippen molar-refractivity contribution in [1.29, 1.82) is 0 Å². The highest BCUT2D eigenvalue weighted by Crippen LogP contribution is 2.17. The molecular weight excluding hydrogens is 326 g/mol. The molecule has 0 saturated heterocycles. The average molecular weight is 344 g/mol. The molecule has 0 atom stereocenters. The van der Waals surface area contributed by atoms with Gasteiger partial charge in [0.05, 0.1) is 0 Å². The number of hydrogen-bond donors (Lipinski definition) is 1. The van der Waals surface area contributed by atoms with Crippen LogP contribution in [0, 0.1) is 0 Å². The standard InChI is InChI=1S/C19H18ClNOS/c20-17-6-1-5-16(10-17)14-22-18-7-2-4-15(11-18)12-21-13-19-8-3-9-23-19/h1-11,21H,12-14H2. The third-order valence-corrected chi connectivity index (χ3v) is 4.51. The van der Waals surface area contributed by atoms with Crippen LogP contribution in [-0.4, -0.2) is 0 Å². The van der Waals surface area contributed by atoms with Crippen LogP contribution in [0.25, 0.3) is 0 Å². The molecule has 23 heavy (non-hydrogen) atoms. The first-order valence-corrected chi connectivity index (χ1v) is 8.75. The summed E-state index contributed by atoms with van der Waals surface area (Å²) >= 11 is 7.76. The summed E-state index contributed by atoms with van der Waals surface area (Å²) in [7, 11) is 0. The van der Waals surface area contributed by atoms with E-state index < -0.39 is 0 Å². The van der Waals surface area contributed by atoms with E-state index in [1.165, 1.54) is 10.4 Å². The Balaban J connectivity index is 1.52. The lowest BCUT2D eigenvalue weighted by atomic mass is 10.2. The second-order valence-corrected chi connectivity index (χ2v) is 6.72. The van der Waals surface area contributed by atoms with Crippen LogP contribution in [0.15, 0.2) is 66.0 Å². The Morgan fingerprint density at radius 2 is 1.78 bits per heavy atom. The second kappa shape index (κ2) is 8.16. The largest absolute Gasteiger partial charge is 0.489 e. The van der Waals surface area contributed by atoms with Crippen LogP contribution >= 0.6 is 22.9 Å². The summed E-state index contributed by atoms with van der Waals surface area (Å²) in [6.07, 6.45) is 0. The second-order valence-electron chi connectivity index (χ2n) is 5.25. The van der Waals surface area contributed by atoms with Crippen molar-refractivity contribution >= 4 is 22.9 Å². The predicted molar refractivity (Wildman–Crippen MR) is 97.1 cm³/mol. The fourth-order valence-electron chi connectivity index (χ4n) is 2.28. The minimum absolute atomic E-state index is 0.520. The molecule has 1 aromatic heterocycles. The molecule has 0 aliphatic heterocycles. The summed E-state index contributed by atoms with van der Waals surface area (Å²) in [4.78, 5) is 1.35. The van der Waals surface area contributed by atoms with Crippen LogP contribution in [0.5, 0.6) is 5.75 Å². The first-order valence-electron chi connectivity index (χ1n) is 7.49. The molecule has 0 fully saturated rings. The molecule has 0 unspecified atom stereocenters. The van der Waals surface area contributed by atoms with E-state index in [9.17, 15) is 0 Å². The molecule has 2 nitrogen and oxygen atoms in total. The maximum absolute atomic E-state index is 5.99. The van der Waals surface area contributed by atoms with E-state index in [0.717, 1.165) is 29.4 Å². The van der Waals surface area contributed by atoms with Gasteiger partial charge in [-0.15, -0.1) is 11.3 Å². The number of ether oxygens (including phenoxy) is 1. The Hall–Kier alpha value is -1.81. The highest BCUT2D eigenvalue weighted by Gasteiger charge is 2.00. The van der Waals surface area contributed by atoms with Crippen molar-refractivity contribution < 1.29 is 4.74 Å². The van der Waals surface area contributed by atoms with Gasteiger partial charge in [0.15, 0.2) is 0 Å². The monoisotopic (exact) mass is 343 g/mol. The molecule has 1 N–H and O–H groups in total. The van der Waals surface area contributed by atoms with Gasteiger partial charge in [0.25, 0.3) is 0 Å². The summed E-state index contributed by atoms with van der Waals surface area (Å²) < 4.78 is 5.86. The predicted octanol–water partition coefficient (Wildman–Crippen LogP) is 5.27. The molecule has 0 radical (unpaired) electrons. The number of benzene rings is 2. The molecule has 0 amide bonds. The molecule has 0 aliphatic rings. The number of hydrogen-bond acceptors (Lipinski definition) is 3. The lowest BCUT2D eigenvalue weighted by Gasteiger charge is -2.09. The van der Waals surface area contributed by atoms with E-state index >= 15 is 0 Å². The number of nitrogens with one attached hydrogen (secondary N) is 1. The van der Waals surface area contributed by atoms with Gasteiger partial charge in [0.1, 0.15) is 12.4 Å². The molecular formula is C19H18ClNOS. The third kappa shape index (κ3) is 5.10. The normalized spacial score (nSPS) is 10.7. The molecule has 3 aromatic rings. The van der Waals surface area contributed by atoms with Crippen molar-refractivity contribution in [1.82, 2.24) is 5.32 Å². The molecule has 2 aromatic carbocycles. The Bertz CT molecular complexity index is 743. The first-order chi connectivity index (χ1) is 11.3. The fourth-order valence-corrected chi connectivity index (χ4v) is 3.17. The van der Waals surface area contributed by atoms with Crippen molar-refractivity contribution in [2.45, 2.75) is 19.7 Å². The Labute approximate surface area is 145 Å². The van der Waals surface area contributed by atoms with Gasteiger partial charge in [0, 0.05) is 23.0 Å². The van der Waals surface area contributed by atoms with E-state index in [-0.39, 0.29) is 0 Å². The molecule has 0 spiro atoms. The van der Waals surface area contributed by atoms with Crippen LogP contribution in [-0.2, 0) is 19.7 Å². The summed E-state index contributed by atoms with van der Waals surface area (Å²) in [6.45, 7) is 2.24. The van der Waals surface area contributed by atoms with Crippen molar-refractivity contribution in [2.75, 3.05) is 0 Å². The summed E-state index contributed by atoms with van der Waals surface area (Å²) in [5.41, 5.74) is 2.28. The van der Waals surface area contributed by atoms with Gasteiger partial charge in [-0.25, -0.2) is 0 Å². The zero-order chi connectivity index (χ0) is 15.9. The lowest BCUT2D eigenvalue weighted by Crippen LogP contribution is -2.11. The summed E-state index contributed by atoms with van der Waals surface area (Å²) in [5, 5.41) is 6.28. The SMILES string of the molecule is Clc1cccc(COc2cccc(CNCc3cccs3)c2)c1. The van der Waals surface area contributed by atoms with E-state index in [4.69, 9.17) is 16.3 Å². The number of thiophene rings is 1.